The van der Waals surface area contributed by atoms with Crippen LogP contribution >= 0.6 is 11.6 Å². The summed E-state index contributed by atoms with van der Waals surface area (Å²) in [6.45, 7) is 2.73. The highest BCUT2D eigenvalue weighted by Crippen LogP contribution is 2.39. The number of sulfone groups is 1. The molecule has 0 radical (unpaired) electrons. The first-order valence-corrected chi connectivity index (χ1v) is 16.2. The number of rotatable bonds is 11. The molecule has 0 bridgehead atoms. The number of piperazine rings is 1. The van der Waals surface area contributed by atoms with Gasteiger partial charge in [0, 0.05) is 53.6 Å². The fourth-order valence-corrected chi connectivity index (χ4v) is 8.18. The van der Waals surface area contributed by atoms with Gasteiger partial charge in [-0.2, -0.15) is 0 Å². The van der Waals surface area contributed by atoms with Crippen molar-refractivity contribution >= 4 is 38.7 Å². The molecule has 0 spiro atoms. The topological polar surface area (TPSA) is 99.3 Å². The van der Waals surface area contributed by atoms with Gasteiger partial charge in [0.05, 0.1) is 5.25 Å². The van der Waals surface area contributed by atoms with Crippen molar-refractivity contribution in [3.8, 4) is 0 Å². The highest BCUT2D eigenvalue weighted by atomic mass is 35.5. The number of anilines is 2. The fraction of sp³-hybridized carbons (Fsp3) is 0.387. The molecule has 12 heteroatoms. The van der Waals surface area contributed by atoms with Gasteiger partial charge in [0.15, 0.2) is 9.84 Å². The summed E-state index contributed by atoms with van der Waals surface area (Å²) >= 11 is 6.03. The third-order valence-corrected chi connectivity index (χ3v) is 11.1. The van der Waals surface area contributed by atoms with E-state index in [0.29, 0.717) is 36.2 Å². The summed E-state index contributed by atoms with van der Waals surface area (Å²) in [6, 6.07) is 12.9. The van der Waals surface area contributed by atoms with E-state index in [1.54, 1.807) is 30.3 Å². The predicted octanol–water partition coefficient (Wildman–Crippen LogP) is 5.21. The van der Waals surface area contributed by atoms with Gasteiger partial charge in [-0.05, 0) is 74.6 Å². The van der Waals surface area contributed by atoms with Crippen LogP contribution in [-0.2, 0) is 27.5 Å². The van der Waals surface area contributed by atoms with Gasteiger partial charge in [0.2, 0.25) is 5.91 Å². The van der Waals surface area contributed by atoms with Crippen LogP contribution in [0.15, 0.2) is 60.7 Å². The van der Waals surface area contributed by atoms with Gasteiger partial charge >= 0.3 is 0 Å². The van der Waals surface area contributed by atoms with E-state index in [1.165, 1.54) is 12.1 Å². The predicted molar refractivity (Wildman–Crippen MR) is 162 cm³/mol. The summed E-state index contributed by atoms with van der Waals surface area (Å²) in [5.74, 6) is -2.84. The molecule has 2 aliphatic rings. The summed E-state index contributed by atoms with van der Waals surface area (Å²) < 4.78 is 70.2. The first kappa shape index (κ1) is 31.3. The maximum absolute atomic E-state index is 15.4. The molecule has 1 heterocycles. The van der Waals surface area contributed by atoms with E-state index < -0.39 is 49.4 Å². The Kier molecular flexibility index (Phi) is 9.36. The molecule has 1 saturated carbocycles. The number of carbonyl (C=O) groups is 1. The van der Waals surface area contributed by atoms with Gasteiger partial charge in [-0.1, -0.05) is 29.8 Å². The van der Waals surface area contributed by atoms with E-state index in [-0.39, 0.29) is 43.1 Å². The molecular formula is C31H34ClF3N4O3S. The lowest BCUT2D eigenvalue weighted by atomic mass is 9.99. The molecule has 0 aromatic heterocycles. The molecule has 2 fully saturated rings. The Balaban J connectivity index is 1.43. The second-order valence-corrected chi connectivity index (χ2v) is 14.3. The zero-order chi connectivity index (χ0) is 30.8. The van der Waals surface area contributed by atoms with Gasteiger partial charge in [0.1, 0.15) is 28.4 Å². The zero-order valence-electron chi connectivity index (χ0n) is 23.6. The highest BCUT2D eigenvalue weighted by Gasteiger charge is 2.53. The first-order valence-electron chi connectivity index (χ1n) is 14.2. The summed E-state index contributed by atoms with van der Waals surface area (Å²) in [4.78, 5) is 12.2. The Labute approximate surface area is 254 Å². The van der Waals surface area contributed by atoms with Crippen LogP contribution in [0.1, 0.15) is 37.3 Å². The van der Waals surface area contributed by atoms with E-state index in [9.17, 15) is 22.0 Å². The van der Waals surface area contributed by atoms with Gasteiger partial charge in [0.25, 0.3) is 0 Å². The third kappa shape index (κ3) is 7.34. The third-order valence-electron chi connectivity index (χ3n) is 7.91. The Morgan fingerprint density at radius 3 is 2.42 bits per heavy atom. The summed E-state index contributed by atoms with van der Waals surface area (Å²) in [5.41, 5.74) is 1.22. The average Bonchev–Trinajstić information content (AvgIpc) is 3.79. The van der Waals surface area contributed by atoms with Gasteiger partial charge < -0.3 is 16.0 Å². The van der Waals surface area contributed by atoms with Crippen LogP contribution in [0.4, 0.5) is 24.5 Å². The highest BCUT2D eigenvalue weighted by molar-refractivity contribution is 7.93. The van der Waals surface area contributed by atoms with Crippen molar-refractivity contribution in [1.82, 2.24) is 10.6 Å². The minimum absolute atomic E-state index is 0.0675. The Bertz CT molecular complexity index is 1570. The number of benzene rings is 3. The second-order valence-electron chi connectivity index (χ2n) is 11.4. The standard InChI is InChI=1S/C31H34ClF3N4O3S/c1-19-17-36-18-31(39-19,43(41,42)25-9-10-25)12-11-26-27(35)3-2-4-28(26)38-29(13-20-5-7-21(32)8-6-20)30(40)37-24-15-22(33)14-23(34)16-24/h2-8,14-16,19,25,29,36,38-39H,9-13,17-18H2,1H3,(H,37,40)/t19-,29-,31-/m0/s1. The smallest absolute Gasteiger partial charge is 0.247 e. The molecule has 43 heavy (non-hydrogen) atoms. The van der Waals surface area contributed by atoms with E-state index in [1.807, 2.05) is 6.92 Å². The van der Waals surface area contributed by atoms with Crippen LogP contribution in [0, 0.1) is 17.5 Å². The van der Waals surface area contributed by atoms with Gasteiger partial charge in [-0.25, -0.2) is 21.6 Å². The monoisotopic (exact) mass is 634 g/mol. The van der Waals surface area contributed by atoms with E-state index >= 15 is 4.39 Å². The second kappa shape index (κ2) is 12.9. The molecule has 4 N–H and O–H groups in total. The molecule has 5 rings (SSSR count). The largest absolute Gasteiger partial charge is 0.373 e. The lowest BCUT2D eigenvalue weighted by molar-refractivity contribution is -0.116. The van der Waals surface area contributed by atoms with Crippen molar-refractivity contribution < 1.29 is 26.4 Å². The van der Waals surface area contributed by atoms with Crippen molar-refractivity contribution in [2.75, 3.05) is 23.7 Å². The molecule has 1 amide bonds. The molecule has 1 aliphatic heterocycles. The van der Waals surface area contributed by atoms with Crippen LogP contribution in [0.2, 0.25) is 5.02 Å². The van der Waals surface area contributed by atoms with Crippen molar-refractivity contribution in [3.63, 3.8) is 0 Å². The van der Waals surface area contributed by atoms with Crippen molar-refractivity contribution in [3.05, 3.63) is 94.3 Å². The van der Waals surface area contributed by atoms with Crippen LogP contribution in [0.3, 0.4) is 0 Å². The number of hydrogen-bond acceptors (Lipinski definition) is 6. The number of hydrogen-bond donors (Lipinski definition) is 4. The van der Waals surface area contributed by atoms with Crippen LogP contribution < -0.4 is 21.3 Å². The van der Waals surface area contributed by atoms with E-state index in [0.717, 1.165) is 17.7 Å². The molecule has 3 aromatic rings. The van der Waals surface area contributed by atoms with Crippen LogP contribution in [0.25, 0.3) is 0 Å². The molecule has 3 aromatic carbocycles. The molecule has 1 aliphatic carbocycles. The molecule has 7 nitrogen and oxygen atoms in total. The minimum Gasteiger partial charge on any atom is -0.373 e. The first-order chi connectivity index (χ1) is 20.5. The van der Waals surface area contributed by atoms with Crippen LogP contribution in [-0.4, -0.2) is 49.6 Å². The zero-order valence-corrected chi connectivity index (χ0v) is 25.2. The number of carbonyl (C=O) groups excluding carboxylic acids is 1. The quantitative estimate of drug-likeness (QED) is 0.231. The van der Waals surface area contributed by atoms with Gasteiger partial charge in [-0.15, -0.1) is 0 Å². The minimum atomic E-state index is -3.55. The molecule has 0 unspecified atom stereocenters. The van der Waals surface area contributed by atoms with Gasteiger partial charge in [-0.3, -0.25) is 10.1 Å². The number of nitrogens with one attached hydrogen (secondary N) is 4. The normalized spacial score (nSPS) is 21.3. The average molecular weight is 635 g/mol. The van der Waals surface area contributed by atoms with Crippen molar-refractivity contribution in [2.45, 2.75) is 61.2 Å². The van der Waals surface area contributed by atoms with Crippen LogP contribution in [0.5, 0.6) is 0 Å². The Hall–Kier alpha value is -3.12. The Morgan fingerprint density at radius 2 is 1.77 bits per heavy atom. The number of amides is 1. The SMILES string of the molecule is C[C@H]1CNC[C@](CCc2c(F)cccc2N[C@@H](Cc2ccc(Cl)cc2)C(=O)Nc2cc(F)cc(F)c2)(S(=O)(=O)C2CC2)N1. The lowest BCUT2D eigenvalue weighted by Crippen LogP contribution is -2.67. The van der Waals surface area contributed by atoms with E-state index in [2.05, 4.69) is 21.3 Å². The number of halogens is 4. The maximum Gasteiger partial charge on any atom is 0.247 e. The Morgan fingerprint density at radius 1 is 1.07 bits per heavy atom. The summed E-state index contributed by atoms with van der Waals surface area (Å²) in [6.07, 6.45) is 1.56. The van der Waals surface area contributed by atoms with E-state index in [4.69, 9.17) is 11.6 Å². The fourth-order valence-electron chi connectivity index (χ4n) is 5.61. The lowest BCUT2D eigenvalue weighted by Gasteiger charge is -2.41. The molecular weight excluding hydrogens is 601 g/mol. The maximum atomic E-state index is 15.4. The molecule has 1 saturated heterocycles. The summed E-state index contributed by atoms with van der Waals surface area (Å²) in [7, 11) is -3.55. The van der Waals surface area contributed by atoms with Crippen molar-refractivity contribution in [2.24, 2.45) is 0 Å². The molecule has 3 atom stereocenters. The molecule has 230 valence electrons. The van der Waals surface area contributed by atoms with Crippen molar-refractivity contribution in [1.29, 1.82) is 0 Å². The summed E-state index contributed by atoms with van der Waals surface area (Å²) in [5, 5.41) is 12.3.